The van der Waals surface area contributed by atoms with Crippen molar-refractivity contribution >= 4 is 39.5 Å². The summed E-state index contributed by atoms with van der Waals surface area (Å²) in [5.74, 6) is 1.15. The SMILES string of the molecule is Cc1cc(-c2nn3c(C)nnc3s2)ccc1NC(=O)COc1ccc(Cl)cc1C. The Kier molecular flexibility index (Phi) is 5.21. The smallest absolute Gasteiger partial charge is 0.262 e. The molecule has 4 aromatic rings. The Bertz CT molecular complexity index is 1220. The fourth-order valence-electron chi connectivity index (χ4n) is 2.87. The summed E-state index contributed by atoms with van der Waals surface area (Å²) >= 11 is 7.41. The second-order valence-corrected chi connectivity index (χ2v) is 8.02. The fourth-order valence-corrected chi connectivity index (χ4v) is 3.98. The number of anilines is 1. The van der Waals surface area contributed by atoms with Crippen LogP contribution in [-0.4, -0.2) is 32.3 Å². The van der Waals surface area contributed by atoms with E-state index in [1.54, 1.807) is 22.7 Å². The summed E-state index contributed by atoms with van der Waals surface area (Å²) in [6.45, 7) is 5.60. The van der Waals surface area contributed by atoms with Crippen molar-refractivity contribution in [3.8, 4) is 16.3 Å². The van der Waals surface area contributed by atoms with Crippen LogP contribution in [0.25, 0.3) is 15.5 Å². The molecule has 0 spiro atoms. The molecule has 0 fully saturated rings. The molecule has 2 heterocycles. The third kappa shape index (κ3) is 4.08. The van der Waals surface area contributed by atoms with E-state index in [9.17, 15) is 4.79 Å². The maximum absolute atomic E-state index is 12.3. The van der Waals surface area contributed by atoms with E-state index in [1.807, 2.05) is 39.0 Å². The standard InChI is InChI=1S/C20H18ClN5O2S/c1-11-8-14(19-25-26-13(3)23-24-20(26)29-19)4-6-16(11)22-18(27)10-28-17-7-5-15(21)9-12(17)2/h4-9H,10H2,1-3H3,(H,22,27). The van der Waals surface area contributed by atoms with E-state index in [-0.39, 0.29) is 12.5 Å². The number of nitrogens with zero attached hydrogens (tertiary/aromatic N) is 4. The lowest BCUT2D eigenvalue weighted by molar-refractivity contribution is -0.118. The van der Waals surface area contributed by atoms with Crippen LogP contribution in [0.3, 0.4) is 0 Å². The molecule has 0 atom stereocenters. The van der Waals surface area contributed by atoms with E-state index in [4.69, 9.17) is 16.3 Å². The van der Waals surface area contributed by atoms with Gasteiger partial charge in [0.25, 0.3) is 5.91 Å². The number of aryl methyl sites for hydroxylation is 3. The second-order valence-electron chi connectivity index (χ2n) is 6.63. The van der Waals surface area contributed by atoms with Crippen molar-refractivity contribution in [1.29, 1.82) is 0 Å². The van der Waals surface area contributed by atoms with E-state index in [0.29, 0.717) is 10.8 Å². The average molecular weight is 428 g/mol. The van der Waals surface area contributed by atoms with Gasteiger partial charge >= 0.3 is 0 Å². The molecule has 2 aromatic heterocycles. The minimum atomic E-state index is -0.232. The predicted octanol–water partition coefficient (Wildman–Crippen LogP) is 4.45. The van der Waals surface area contributed by atoms with Gasteiger partial charge in [-0.3, -0.25) is 4.79 Å². The average Bonchev–Trinajstić information content (AvgIpc) is 3.25. The van der Waals surface area contributed by atoms with E-state index < -0.39 is 0 Å². The molecule has 148 valence electrons. The number of rotatable bonds is 5. The molecule has 0 aliphatic carbocycles. The second kappa shape index (κ2) is 7.81. The molecule has 1 amide bonds. The van der Waals surface area contributed by atoms with Crippen LogP contribution in [0.4, 0.5) is 5.69 Å². The fraction of sp³-hybridized carbons (Fsp3) is 0.200. The molecule has 29 heavy (non-hydrogen) atoms. The summed E-state index contributed by atoms with van der Waals surface area (Å²) in [6.07, 6.45) is 0. The lowest BCUT2D eigenvalue weighted by Crippen LogP contribution is -2.20. The number of nitrogens with one attached hydrogen (secondary N) is 1. The highest BCUT2D eigenvalue weighted by Gasteiger charge is 2.13. The predicted molar refractivity (Wildman–Crippen MR) is 114 cm³/mol. The van der Waals surface area contributed by atoms with Gasteiger partial charge in [-0.15, -0.1) is 10.2 Å². The summed E-state index contributed by atoms with van der Waals surface area (Å²) in [5, 5.41) is 17.0. The Morgan fingerprint density at radius 1 is 1.14 bits per heavy atom. The molecule has 0 saturated carbocycles. The number of hydrogen-bond acceptors (Lipinski definition) is 6. The van der Waals surface area contributed by atoms with Gasteiger partial charge in [-0.05, 0) is 68.3 Å². The van der Waals surface area contributed by atoms with Gasteiger partial charge in [-0.25, -0.2) is 0 Å². The first-order valence-electron chi connectivity index (χ1n) is 8.89. The number of amides is 1. The highest BCUT2D eigenvalue weighted by molar-refractivity contribution is 7.19. The number of ether oxygens (including phenoxy) is 1. The lowest BCUT2D eigenvalue weighted by Gasteiger charge is -2.12. The summed E-state index contributed by atoms with van der Waals surface area (Å²) in [7, 11) is 0. The lowest BCUT2D eigenvalue weighted by atomic mass is 10.1. The van der Waals surface area contributed by atoms with Crippen molar-refractivity contribution in [3.05, 3.63) is 58.4 Å². The summed E-state index contributed by atoms with van der Waals surface area (Å²) in [6, 6.07) is 11.1. The Hall–Kier alpha value is -2.97. The van der Waals surface area contributed by atoms with Gasteiger partial charge in [0.2, 0.25) is 4.96 Å². The first-order chi connectivity index (χ1) is 13.9. The molecule has 4 rings (SSSR count). The van der Waals surface area contributed by atoms with Gasteiger partial charge in [0.1, 0.15) is 10.8 Å². The maximum Gasteiger partial charge on any atom is 0.262 e. The molecule has 2 aromatic carbocycles. The number of halogens is 1. The first kappa shape index (κ1) is 19.4. The molecule has 7 nitrogen and oxygen atoms in total. The zero-order valence-electron chi connectivity index (χ0n) is 16.1. The Labute approximate surface area is 176 Å². The Morgan fingerprint density at radius 2 is 1.97 bits per heavy atom. The van der Waals surface area contributed by atoms with Crippen LogP contribution in [0.1, 0.15) is 17.0 Å². The third-order valence-electron chi connectivity index (χ3n) is 4.39. The van der Waals surface area contributed by atoms with Crippen molar-refractivity contribution in [3.63, 3.8) is 0 Å². The molecule has 0 radical (unpaired) electrons. The van der Waals surface area contributed by atoms with Gasteiger partial charge in [0.05, 0.1) is 0 Å². The normalized spacial score (nSPS) is 11.0. The molecular formula is C20H18ClN5O2S. The largest absolute Gasteiger partial charge is 0.483 e. The molecular weight excluding hydrogens is 410 g/mol. The summed E-state index contributed by atoms with van der Waals surface area (Å²) in [5.41, 5.74) is 3.50. The maximum atomic E-state index is 12.3. The number of carbonyl (C=O) groups excluding carboxylic acids is 1. The van der Waals surface area contributed by atoms with E-state index in [2.05, 4.69) is 20.6 Å². The molecule has 0 saturated heterocycles. The number of aromatic nitrogens is 4. The Morgan fingerprint density at radius 3 is 2.69 bits per heavy atom. The van der Waals surface area contributed by atoms with Gasteiger partial charge in [0, 0.05) is 16.3 Å². The van der Waals surface area contributed by atoms with Crippen LogP contribution < -0.4 is 10.1 Å². The van der Waals surface area contributed by atoms with Gasteiger partial charge in [-0.1, -0.05) is 22.9 Å². The van der Waals surface area contributed by atoms with Crippen LogP contribution in [-0.2, 0) is 4.79 Å². The summed E-state index contributed by atoms with van der Waals surface area (Å²) in [4.78, 5) is 13.1. The monoisotopic (exact) mass is 427 g/mol. The zero-order valence-corrected chi connectivity index (χ0v) is 17.6. The van der Waals surface area contributed by atoms with Crippen LogP contribution in [0, 0.1) is 20.8 Å². The van der Waals surface area contributed by atoms with Crippen molar-refractivity contribution in [2.24, 2.45) is 0 Å². The van der Waals surface area contributed by atoms with E-state index in [1.165, 1.54) is 11.3 Å². The van der Waals surface area contributed by atoms with Gasteiger partial charge in [-0.2, -0.15) is 9.61 Å². The van der Waals surface area contributed by atoms with Crippen LogP contribution in [0.15, 0.2) is 36.4 Å². The number of benzene rings is 2. The minimum Gasteiger partial charge on any atom is -0.483 e. The van der Waals surface area contributed by atoms with Crippen LogP contribution in [0.2, 0.25) is 5.02 Å². The van der Waals surface area contributed by atoms with Crippen molar-refractivity contribution in [2.75, 3.05) is 11.9 Å². The molecule has 1 N–H and O–H groups in total. The van der Waals surface area contributed by atoms with Gasteiger partial charge in [0.15, 0.2) is 12.4 Å². The molecule has 9 heteroatoms. The molecule has 0 aliphatic rings. The number of carbonyl (C=O) groups is 1. The Balaban J connectivity index is 1.44. The first-order valence-corrected chi connectivity index (χ1v) is 10.1. The number of fused-ring (bicyclic) bond motifs is 1. The minimum absolute atomic E-state index is 0.0837. The highest BCUT2D eigenvalue weighted by atomic mass is 35.5. The van der Waals surface area contributed by atoms with Crippen molar-refractivity contribution in [2.45, 2.75) is 20.8 Å². The molecule has 0 unspecified atom stereocenters. The van der Waals surface area contributed by atoms with Crippen LogP contribution >= 0.6 is 22.9 Å². The quantitative estimate of drug-likeness (QED) is 0.509. The number of hydrogen-bond donors (Lipinski definition) is 1. The van der Waals surface area contributed by atoms with E-state index >= 15 is 0 Å². The third-order valence-corrected chi connectivity index (χ3v) is 5.57. The van der Waals surface area contributed by atoms with Crippen molar-refractivity contribution < 1.29 is 9.53 Å². The topological polar surface area (TPSA) is 81.4 Å². The summed E-state index contributed by atoms with van der Waals surface area (Å²) < 4.78 is 7.32. The molecule has 0 aliphatic heterocycles. The highest BCUT2D eigenvalue weighted by Crippen LogP contribution is 2.28. The van der Waals surface area contributed by atoms with Crippen LogP contribution in [0.5, 0.6) is 5.75 Å². The van der Waals surface area contributed by atoms with Crippen molar-refractivity contribution in [1.82, 2.24) is 19.8 Å². The molecule has 0 bridgehead atoms. The van der Waals surface area contributed by atoms with Gasteiger partial charge < -0.3 is 10.1 Å². The van der Waals surface area contributed by atoms with E-state index in [0.717, 1.165) is 38.2 Å². The zero-order chi connectivity index (χ0) is 20.5.